The third kappa shape index (κ3) is 6.07. The van der Waals surface area contributed by atoms with Gasteiger partial charge < -0.3 is 10.1 Å². The molecule has 4 rings (SSSR count). The Hall–Kier alpha value is -4.00. The predicted octanol–water partition coefficient (Wildman–Crippen LogP) is 4.08. The third-order valence-corrected chi connectivity index (χ3v) is 5.51. The summed E-state index contributed by atoms with van der Waals surface area (Å²) in [7, 11) is -3.28. The smallest absolute Gasteiger partial charge is 0.209 e. The van der Waals surface area contributed by atoms with E-state index in [9.17, 15) is 8.42 Å². The Morgan fingerprint density at radius 2 is 1.85 bits per heavy atom. The zero-order valence-electron chi connectivity index (χ0n) is 19.0. The molecule has 0 saturated heterocycles. The number of benzene rings is 2. The molecule has 0 spiro atoms. The van der Waals surface area contributed by atoms with Crippen LogP contribution in [0, 0.1) is 25.7 Å². The number of nitrogens with one attached hydrogen (secondary N) is 2. The minimum atomic E-state index is -3.28. The van der Waals surface area contributed by atoms with Crippen molar-refractivity contribution in [2.75, 3.05) is 18.1 Å². The maximum atomic E-state index is 11.2. The van der Waals surface area contributed by atoms with Crippen LogP contribution >= 0.6 is 0 Å². The van der Waals surface area contributed by atoms with Crippen LogP contribution in [-0.4, -0.2) is 36.2 Å². The molecule has 9 heteroatoms. The maximum Gasteiger partial charge on any atom is 0.209 e. The lowest BCUT2D eigenvalue weighted by atomic mass is 10.1. The molecule has 0 radical (unpaired) electrons. The summed E-state index contributed by atoms with van der Waals surface area (Å²) < 4.78 is 30.6. The van der Waals surface area contributed by atoms with E-state index in [1.165, 1.54) is 6.33 Å². The highest BCUT2D eigenvalue weighted by atomic mass is 32.2. The molecular formula is C25H23N5O3S. The molecular weight excluding hydrogens is 450 g/mol. The predicted molar refractivity (Wildman–Crippen MR) is 133 cm³/mol. The zero-order chi connectivity index (χ0) is 24.1. The third-order valence-electron chi connectivity index (χ3n) is 4.84. The van der Waals surface area contributed by atoms with Crippen LogP contribution in [0.4, 0.5) is 11.5 Å². The SMILES string of the molecule is Cc1ccc(Oc2ccc(Nc3ncnc4ccc(C#CCNS(C)(=O)=O)cc34)cc2C)cn1. The number of fused-ring (bicyclic) bond motifs is 1. The van der Waals surface area contributed by atoms with E-state index in [0.717, 1.165) is 45.4 Å². The number of aromatic nitrogens is 3. The molecule has 0 unspecified atom stereocenters. The minimum Gasteiger partial charge on any atom is -0.455 e. The number of ether oxygens (including phenoxy) is 1. The molecule has 2 N–H and O–H groups in total. The van der Waals surface area contributed by atoms with Crippen LogP contribution in [0.1, 0.15) is 16.8 Å². The average molecular weight is 474 g/mol. The van der Waals surface area contributed by atoms with Gasteiger partial charge in [-0.3, -0.25) is 4.98 Å². The fraction of sp³-hybridized carbons (Fsp3) is 0.160. The number of pyridine rings is 1. The number of anilines is 2. The number of aryl methyl sites for hydroxylation is 2. The lowest BCUT2D eigenvalue weighted by molar-refractivity contribution is 0.476. The summed E-state index contributed by atoms with van der Waals surface area (Å²) in [6, 6.07) is 15.1. The molecule has 0 aliphatic carbocycles. The monoisotopic (exact) mass is 473 g/mol. The van der Waals surface area contributed by atoms with E-state index >= 15 is 0 Å². The summed E-state index contributed by atoms with van der Waals surface area (Å²) in [6.45, 7) is 3.94. The molecule has 0 aliphatic rings. The van der Waals surface area contributed by atoms with Gasteiger partial charge in [-0.2, -0.15) is 0 Å². The fourth-order valence-electron chi connectivity index (χ4n) is 3.17. The van der Waals surface area contributed by atoms with Crippen LogP contribution in [0.2, 0.25) is 0 Å². The molecule has 34 heavy (non-hydrogen) atoms. The summed E-state index contributed by atoms with van der Waals surface area (Å²) in [5.74, 6) is 7.83. The summed E-state index contributed by atoms with van der Waals surface area (Å²) >= 11 is 0. The Morgan fingerprint density at radius 1 is 1.00 bits per heavy atom. The second-order valence-corrected chi connectivity index (χ2v) is 9.52. The van der Waals surface area contributed by atoms with E-state index in [1.807, 2.05) is 62.4 Å². The summed E-state index contributed by atoms with van der Waals surface area (Å²) in [4.78, 5) is 13.0. The largest absolute Gasteiger partial charge is 0.455 e. The molecule has 0 saturated carbocycles. The van der Waals surface area contributed by atoms with Gasteiger partial charge in [0, 0.05) is 22.3 Å². The van der Waals surface area contributed by atoms with E-state index in [2.05, 4.69) is 36.8 Å². The van der Waals surface area contributed by atoms with Crippen LogP contribution in [0.25, 0.3) is 10.9 Å². The highest BCUT2D eigenvalue weighted by molar-refractivity contribution is 7.88. The minimum absolute atomic E-state index is 0.0413. The molecule has 0 amide bonds. The molecule has 0 bridgehead atoms. The first kappa shape index (κ1) is 23.2. The topological polar surface area (TPSA) is 106 Å². The number of hydrogen-bond donors (Lipinski definition) is 2. The maximum absolute atomic E-state index is 11.2. The lowest BCUT2D eigenvalue weighted by Crippen LogP contribution is -2.21. The molecule has 4 aromatic rings. The first-order chi connectivity index (χ1) is 16.3. The molecule has 0 atom stereocenters. The van der Waals surface area contributed by atoms with Gasteiger partial charge >= 0.3 is 0 Å². The number of nitrogens with zero attached hydrogens (tertiary/aromatic N) is 3. The first-order valence-electron chi connectivity index (χ1n) is 10.4. The number of hydrogen-bond acceptors (Lipinski definition) is 7. The Labute approximate surface area is 198 Å². The standard InChI is InChI=1S/C25H23N5O3S/c1-17-13-20(8-11-24(17)33-21-9-6-18(2)26-15-21)30-25-22-14-19(5-4-12-29-34(3,31)32)7-10-23(22)27-16-28-25/h6-11,13-16,29H,12H2,1-3H3,(H,27,28,30). The number of rotatable bonds is 6. The van der Waals surface area contributed by atoms with Gasteiger partial charge in [0.1, 0.15) is 23.6 Å². The van der Waals surface area contributed by atoms with Gasteiger partial charge in [0.2, 0.25) is 10.0 Å². The first-order valence-corrected chi connectivity index (χ1v) is 12.3. The van der Waals surface area contributed by atoms with E-state index in [1.54, 1.807) is 6.20 Å². The summed E-state index contributed by atoms with van der Waals surface area (Å²) in [5, 5.41) is 4.14. The van der Waals surface area contributed by atoms with Crippen molar-refractivity contribution in [2.24, 2.45) is 0 Å². The molecule has 172 valence electrons. The molecule has 2 aromatic carbocycles. The van der Waals surface area contributed by atoms with Gasteiger partial charge in [-0.05, 0) is 67.9 Å². The molecule has 8 nitrogen and oxygen atoms in total. The second-order valence-electron chi connectivity index (χ2n) is 7.69. The highest BCUT2D eigenvalue weighted by Gasteiger charge is 2.08. The molecule has 0 aliphatic heterocycles. The van der Waals surface area contributed by atoms with E-state index in [4.69, 9.17) is 4.74 Å². The van der Waals surface area contributed by atoms with E-state index in [-0.39, 0.29) is 6.54 Å². The van der Waals surface area contributed by atoms with Gasteiger partial charge in [0.15, 0.2) is 0 Å². The Kier molecular flexibility index (Phi) is 6.72. The molecule has 2 heterocycles. The van der Waals surface area contributed by atoms with Crippen LogP contribution in [-0.2, 0) is 10.0 Å². The second kappa shape index (κ2) is 9.87. The van der Waals surface area contributed by atoms with Gasteiger partial charge in [-0.25, -0.2) is 23.1 Å². The Bertz CT molecular complexity index is 1510. The summed E-state index contributed by atoms with van der Waals surface area (Å²) in [6.07, 6.45) is 4.30. The van der Waals surface area contributed by atoms with Crippen LogP contribution in [0.15, 0.2) is 61.1 Å². The van der Waals surface area contributed by atoms with Crippen molar-refractivity contribution in [2.45, 2.75) is 13.8 Å². The van der Waals surface area contributed by atoms with Crippen LogP contribution in [0.5, 0.6) is 11.5 Å². The van der Waals surface area contributed by atoms with Crippen molar-refractivity contribution in [3.8, 4) is 23.3 Å². The van der Waals surface area contributed by atoms with Gasteiger partial charge in [0.05, 0.1) is 24.5 Å². The van der Waals surface area contributed by atoms with Gasteiger partial charge in [0.25, 0.3) is 0 Å². The van der Waals surface area contributed by atoms with Gasteiger partial charge in [-0.1, -0.05) is 11.8 Å². The van der Waals surface area contributed by atoms with Crippen molar-refractivity contribution in [3.63, 3.8) is 0 Å². The van der Waals surface area contributed by atoms with Crippen molar-refractivity contribution in [3.05, 3.63) is 77.9 Å². The van der Waals surface area contributed by atoms with E-state index < -0.39 is 10.0 Å². The van der Waals surface area contributed by atoms with Crippen LogP contribution < -0.4 is 14.8 Å². The van der Waals surface area contributed by atoms with Crippen molar-refractivity contribution < 1.29 is 13.2 Å². The van der Waals surface area contributed by atoms with E-state index in [0.29, 0.717) is 11.6 Å². The zero-order valence-corrected chi connectivity index (χ0v) is 19.8. The quantitative estimate of drug-likeness (QED) is 0.407. The summed E-state index contributed by atoms with van der Waals surface area (Å²) in [5.41, 5.74) is 4.23. The Morgan fingerprint density at radius 3 is 2.59 bits per heavy atom. The van der Waals surface area contributed by atoms with Crippen molar-refractivity contribution in [1.29, 1.82) is 0 Å². The lowest BCUT2D eigenvalue weighted by Gasteiger charge is -2.12. The highest BCUT2D eigenvalue weighted by Crippen LogP contribution is 2.29. The fourth-order valence-corrected chi connectivity index (χ4v) is 3.50. The number of sulfonamides is 1. The molecule has 2 aromatic heterocycles. The van der Waals surface area contributed by atoms with Crippen LogP contribution in [0.3, 0.4) is 0 Å². The average Bonchev–Trinajstić information content (AvgIpc) is 2.80. The van der Waals surface area contributed by atoms with Crippen molar-refractivity contribution >= 4 is 32.4 Å². The van der Waals surface area contributed by atoms with Crippen molar-refractivity contribution in [1.82, 2.24) is 19.7 Å². The Balaban J connectivity index is 1.54. The normalized spacial score (nSPS) is 11.0. The van der Waals surface area contributed by atoms with Gasteiger partial charge in [-0.15, -0.1) is 0 Å². The molecule has 0 fully saturated rings.